The number of hydrogen-bond donors (Lipinski definition) is 2. The third kappa shape index (κ3) is 7.68. The highest BCUT2D eigenvalue weighted by molar-refractivity contribution is 7.98. The second-order valence-electron chi connectivity index (χ2n) is 2.57. The van der Waals surface area contributed by atoms with E-state index in [-0.39, 0.29) is 11.9 Å². The third-order valence-electron chi connectivity index (χ3n) is 1.39. The van der Waals surface area contributed by atoms with Crippen molar-refractivity contribution in [2.75, 3.05) is 12.0 Å². The number of hydrogen-bond acceptors (Lipinski definition) is 3. The number of primary amides is 1. The van der Waals surface area contributed by atoms with E-state index in [1.54, 1.807) is 11.8 Å². The van der Waals surface area contributed by atoms with Crippen LogP contribution in [-0.4, -0.2) is 24.0 Å². The number of carbonyl (C=O) groups excluding carboxylic acids is 1. The molecule has 0 aliphatic carbocycles. The maximum absolute atomic E-state index is 10.4. The lowest BCUT2D eigenvalue weighted by molar-refractivity contribution is -0.118. The molecule has 0 saturated heterocycles. The van der Waals surface area contributed by atoms with Crippen molar-refractivity contribution in [3.63, 3.8) is 0 Å². The second-order valence-corrected chi connectivity index (χ2v) is 3.55. The molecule has 0 bridgehead atoms. The van der Waals surface area contributed by atoms with Crippen LogP contribution in [0, 0.1) is 0 Å². The second kappa shape index (κ2) is 6.49. The molecule has 0 fully saturated rings. The summed E-state index contributed by atoms with van der Waals surface area (Å²) < 4.78 is 0. The summed E-state index contributed by atoms with van der Waals surface area (Å²) in [6.07, 6.45) is 4.33. The van der Waals surface area contributed by atoms with Gasteiger partial charge in [0.25, 0.3) is 0 Å². The molecule has 0 aliphatic rings. The van der Waals surface area contributed by atoms with Gasteiger partial charge in [0.1, 0.15) is 0 Å². The highest BCUT2D eigenvalue weighted by Crippen LogP contribution is 2.03. The highest BCUT2D eigenvalue weighted by atomic mass is 32.2. The summed E-state index contributed by atoms with van der Waals surface area (Å²) in [5.41, 5.74) is 10.6. The maximum atomic E-state index is 10.4. The standard InChI is InChI=1S/C7H16N2OS/c1-11-4-2-3-6(8)5-7(9)10/h6H,2-5,8H2,1H3,(H2,9,10). The average Bonchev–Trinajstić information content (AvgIpc) is 1.86. The zero-order valence-electron chi connectivity index (χ0n) is 6.88. The van der Waals surface area contributed by atoms with Crippen LogP contribution in [0.4, 0.5) is 0 Å². The topological polar surface area (TPSA) is 69.1 Å². The van der Waals surface area contributed by atoms with E-state index in [1.165, 1.54) is 0 Å². The number of rotatable bonds is 6. The molecule has 4 N–H and O–H groups in total. The van der Waals surface area contributed by atoms with Crippen molar-refractivity contribution >= 4 is 17.7 Å². The Morgan fingerprint density at radius 1 is 1.64 bits per heavy atom. The minimum absolute atomic E-state index is 0.0420. The quantitative estimate of drug-likeness (QED) is 0.573. The van der Waals surface area contributed by atoms with Gasteiger partial charge in [0, 0.05) is 12.5 Å². The van der Waals surface area contributed by atoms with Crippen LogP contribution in [0.2, 0.25) is 0 Å². The van der Waals surface area contributed by atoms with Crippen LogP contribution in [-0.2, 0) is 4.79 Å². The van der Waals surface area contributed by atoms with Gasteiger partial charge in [-0.05, 0) is 24.9 Å². The van der Waals surface area contributed by atoms with Crippen molar-refractivity contribution in [1.29, 1.82) is 0 Å². The molecule has 3 nitrogen and oxygen atoms in total. The first-order valence-corrected chi connectivity index (χ1v) is 5.09. The van der Waals surface area contributed by atoms with Crippen LogP contribution in [0.25, 0.3) is 0 Å². The van der Waals surface area contributed by atoms with Crippen molar-refractivity contribution in [2.45, 2.75) is 25.3 Å². The number of nitrogens with two attached hydrogens (primary N) is 2. The van der Waals surface area contributed by atoms with Crippen LogP contribution in [0.5, 0.6) is 0 Å². The minimum atomic E-state index is -0.304. The summed E-state index contributed by atoms with van der Waals surface area (Å²) in [7, 11) is 0. The van der Waals surface area contributed by atoms with E-state index in [4.69, 9.17) is 11.5 Å². The fraction of sp³-hybridized carbons (Fsp3) is 0.857. The largest absolute Gasteiger partial charge is 0.370 e. The van der Waals surface area contributed by atoms with Crippen molar-refractivity contribution < 1.29 is 4.79 Å². The lowest BCUT2D eigenvalue weighted by atomic mass is 10.1. The molecule has 4 heteroatoms. The van der Waals surface area contributed by atoms with Gasteiger partial charge in [0.2, 0.25) is 5.91 Å². The maximum Gasteiger partial charge on any atom is 0.218 e. The van der Waals surface area contributed by atoms with Gasteiger partial charge in [-0.1, -0.05) is 0 Å². The zero-order chi connectivity index (χ0) is 8.69. The monoisotopic (exact) mass is 176 g/mol. The molecule has 0 aliphatic heterocycles. The Labute approximate surface area is 71.9 Å². The van der Waals surface area contributed by atoms with E-state index >= 15 is 0 Å². The first-order chi connectivity index (χ1) is 5.16. The predicted octanol–water partition coefficient (Wildman–Crippen LogP) is 0.332. The van der Waals surface area contributed by atoms with Crippen molar-refractivity contribution in [1.82, 2.24) is 0 Å². The third-order valence-corrected chi connectivity index (χ3v) is 2.08. The van der Waals surface area contributed by atoms with Crippen molar-refractivity contribution in [3.05, 3.63) is 0 Å². The van der Waals surface area contributed by atoms with Gasteiger partial charge in [-0.25, -0.2) is 0 Å². The molecule has 0 aromatic carbocycles. The summed E-state index contributed by atoms with van der Waals surface area (Å²) in [4.78, 5) is 10.4. The van der Waals surface area contributed by atoms with Gasteiger partial charge in [-0.2, -0.15) is 11.8 Å². The first-order valence-electron chi connectivity index (χ1n) is 3.69. The molecule has 0 radical (unpaired) electrons. The van der Waals surface area contributed by atoms with Crippen LogP contribution in [0.1, 0.15) is 19.3 Å². The SMILES string of the molecule is CSCCCC(N)CC(N)=O. The molecule has 0 rings (SSSR count). The molecular weight excluding hydrogens is 160 g/mol. The molecule has 0 aromatic rings. The minimum Gasteiger partial charge on any atom is -0.370 e. The smallest absolute Gasteiger partial charge is 0.218 e. The molecule has 0 heterocycles. The van der Waals surface area contributed by atoms with Gasteiger partial charge in [0.05, 0.1) is 0 Å². The molecule has 1 unspecified atom stereocenters. The van der Waals surface area contributed by atoms with Gasteiger partial charge in [-0.15, -0.1) is 0 Å². The molecule has 0 spiro atoms. The summed E-state index contributed by atoms with van der Waals surface area (Å²) >= 11 is 1.79. The zero-order valence-corrected chi connectivity index (χ0v) is 7.69. The van der Waals surface area contributed by atoms with E-state index < -0.39 is 0 Å². The molecule has 66 valence electrons. The molecule has 1 atom stereocenters. The van der Waals surface area contributed by atoms with Gasteiger partial charge >= 0.3 is 0 Å². The van der Waals surface area contributed by atoms with Crippen molar-refractivity contribution in [3.8, 4) is 0 Å². The normalized spacial score (nSPS) is 12.9. The van der Waals surface area contributed by atoms with E-state index in [2.05, 4.69) is 6.26 Å². The molecule has 0 saturated carbocycles. The Bertz CT molecular complexity index is 119. The Hall–Kier alpha value is -0.220. The Kier molecular flexibility index (Phi) is 6.36. The molecule has 11 heavy (non-hydrogen) atoms. The van der Waals surface area contributed by atoms with E-state index in [0.717, 1.165) is 18.6 Å². The average molecular weight is 176 g/mol. The Morgan fingerprint density at radius 3 is 2.73 bits per heavy atom. The van der Waals surface area contributed by atoms with Gasteiger partial charge in [-0.3, -0.25) is 4.79 Å². The summed E-state index contributed by atoms with van der Waals surface area (Å²) in [6.45, 7) is 0. The lowest BCUT2D eigenvalue weighted by Gasteiger charge is -2.07. The van der Waals surface area contributed by atoms with Gasteiger partial charge < -0.3 is 11.5 Å². The van der Waals surface area contributed by atoms with E-state index in [1.807, 2.05) is 0 Å². The van der Waals surface area contributed by atoms with Gasteiger partial charge in [0.15, 0.2) is 0 Å². The Balaban J connectivity index is 3.22. The number of thioether (sulfide) groups is 1. The summed E-state index contributed by atoms with van der Waals surface area (Å²) in [6, 6.07) is -0.0420. The first kappa shape index (κ1) is 10.8. The molecule has 0 aromatic heterocycles. The molecule has 1 amide bonds. The lowest BCUT2D eigenvalue weighted by Crippen LogP contribution is -2.27. The number of carbonyl (C=O) groups is 1. The highest BCUT2D eigenvalue weighted by Gasteiger charge is 2.04. The van der Waals surface area contributed by atoms with Crippen molar-refractivity contribution in [2.24, 2.45) is 11.5 Å². The summed E-state index contributed by atoms with van der Waals surface area (Å²) in [5.74, 6) is 0.800. The summed E-state index contributed by atoms with van der Waals surface area (Å²) in [5, 5.41) is 0. The number of amides is 1. The van der Waals surface area contributed by atoms with Crippen LogP contribution < -0.4 is 11.5 Å². The van der Waals surface area contributed by atoms with E-state index in [9.17, 15) is 4.79 Å². The fourth-order valence-electron chi connectivity index (χ4n) is 0.850. The van der Waals surface area contributed by atoms with Crippen LogP contribution in [0.3, 0.4) is 0 Å². The Morgan fingerprint density at radius 2 is 2.27 bits per heavy atom. The predicted molar refractivity (Wildman–Crippen MR) is 49.4 cm³/mol. The van der Waals surface area contributed by atoms with Crippen LogP contribution in [0.15, 0.2) is 0 Å². The fourth-order valence-corrected chi connectivity index (χ4v) is 1.31. The molecular formula is C7H16N2OS. The van der Waals surface area contributed by atoms with E-state index in [0.29, 0.717) is 6.42 Å². The van der Waals surface area contributed by atoms with Crippen LogP contribution >= 0.6 is 11.8 Å².